The van der Waals surface area contributed by atoms with E-state index in [1.165, 1.54) is 4.31 Å². The van der Waals surface area contributed by atoms with Crippen LogP contribution in [0.4, 0.5) is 0 Å². The molecule has 0 saturated carbocycles. The zero-order valence-electron chi connectivity index (χ0n) is 18.4. The maximum absolute atomic E-state index is 13.1. The van der Waals surface area contributed by atoms with Crippen LogP contribution < -0.4 is 4.74 Å². The number of fused-ring (bicyclic) bond motifs is 1. The van der Waals surface area contributed by atoms with E-state index >= 15 is 0 Å². The summed E-state index contributed by atoms with van der Waals surface area (Å²) in [4.78, 5) is 15.1. The lowest BCUT2D eigenvalue weighted by Crippen LogP contribution is -2.53. The number of piperazine rings is 1. The second-order valence-electron chi connectivity index (χ2n) is 8.07. The van der Waals surface area contributed by atoms with Gasteiger partial charge in [0.25, 0.3) is 5.91 Å². The molecule has 0 bridgehead atoms. The highest BCUT2D eigenvalue weighted by atomic mass is 32.2. The van der Waals surface area contributed by atoms with Crippen molar-refractivity contribution in [3.8, 4) is 5.75 Å². The molecule has 168 valence electrons. The largest absolute Gasteiger partial charge is 0.481 e. The molecule has 0 aromatic heterocycles. The van der Waals surface area contributed by atoms with E-state index in [1.54, 1.807) is 29.2 Å². The first kappa shape index (κ1) is 22.3. The van der Waals surface area contributed by atoms with Gasteiger partial charge in [-0.3, -0.25) is 4.79 Å². The van der Waals surface area contributed by atoms with Gasteiger partial charge in [0.1, 0.15) is 5.75 Å². The Morgan fingerprint density at radius 1 is 0.938 bits per heavy atom. The number of nitrogens with zero attached hydrogens (tertiary/aromatic N) is 2. The molecule has 1 saturated heterocycles. The Morgan fingerprint density at radius 2 is 1.59 bits per heavy atom. The van der Waals surface area contributed by atoms with Crippen molar-refractivity contribution >= 4 is 26.7 Å². The molecule has 0 N–H and O–H groups in total. The molecule has 0 spiro atoms. The van der Waals surface area contributed by atoms with E-state index in [-0.39, 0.29) is 23.9 Å². The van der Waals surface area contributed by atoms with Crippen LogP contribution in [0.2, 0.25) is 0 Å². The van der Waals surface area contributed by atoms with Crippen LogP contribution in [-0.2, 0) is 14.8 Å². The fourth-order valence-electron chi connectivity index (χ4n) is 3.93. The summed E-state index contributed by atoms with van der Waals surface area (Å²) in [6.45, 7) is 5.08. The number of ether oxygens (including phenoxy) is 1. The van der Waals surface area contributed by atoms with E-state index in [1.807, 2.05) is 56.3 Å². The summed E-state index contributed by atoms with van der Waals surface area (Å²) >= 11 is 0. The van der Waals surface area contributed by atoms with E-state index in [0.717, 1.165) is 16.3 Å². The van der Waals surface area contributed by atoms with Gasteiger partial charge in [0.2, 0.25) is 10.0 Å². The first-order valence-corrected chi connectivity index (χ1v) is 12.3. The van der Waals surface area contributed by atoms with Gasteiger partial charge >= 0.3 is 0 Å². The van der Waals surface area contributed by atoms with Crippen LogP contribution in [0.3, 0.4) is 0 Å². The first-order valence-electron chi connectivity index (χ1n) is 10.9. The summed E-state index contributed by atoms with van der Waals surface area (Å²) in [5.41, 5.74) is 1.01. The van der Waals surface area contributed by atoms with Crippen LogP contribution in [-0.4, -0.2) is 55.8 Å². The molecule has 1 heterocycles. The predicted molar refractivity (Wildman–Crippen MR) is 125 cm³/mol. The van der Waals surface area contributed by atoms with E-state index in [2.05, 4.69) is 0 Å². The van der Waals surface area contributed by atoms with Crippen molar-refractivity contribution in [1.82, 2.24) is 9.21 Å². The van der Waals surface area contributed by atoms with Crippen LogP contribution in [0, 0.1) is 6.92 Å². The number of rotatable bonds is 6. The SMILES string of the molecule is CC[C@H](Oc1ccc2ccccc2c1)C(=O)N1CCN(S(=O)(=O)c2ccc(C)cc2)CC1. The zero-order chi connectivity index (χ0) is 22.7. The van der Waals surface area contributed by atoms with Crippen LogP contribution in [0.1, 0.15) is 18.9 Å². The molecule has 1 amide bonds. The third-order valence-electron chi connectivity index (χ3n) is 5.85. The molecule has 1 aliphatic rings. The predicted octanol–water partition coefficient (Wildman–Crippen LogP) is 3.84. The van der Waals surface area contributed by atoms with Gasteiger partial charge in [-0.2, -0.15) is 4.31 Å². The Labute approximate surface area is 189 Å². The number of hydrogen-bond acceptors (Lipinski definition) is 4. The van der Waals surface area contributed by atoms with Crippen molar-refractivity contribution in [3.05, 3.63) is 72.3 Å². The highest BCUT2D eigenvalue weighted by Crippen LogP contribution is 2.23. The molecule has 4 rings (SSSR count). The molecule has 3 aromatic rings. The number of carbonyl (C=O) groups is 1. The number of carbonyl (C=O) groups excluding carboxylic acids is 1. The minimum absolute atomic E-state index is 0.104. The molecule has 7 heteroatoms. The van der Waals surface area contributed by atoms with Crippen molar-refractivity contribution < 1.29 is 17.9 Å². The van der Waals surface area contributed by atoms with Gasteiger partial charge in [-0.05, 0) is 48.4 Å². The van der Waals surface area contributed by atoms with Gasteiger partial charge in [-0.1, -0.05) is 55.0 Å². The van der Waals surface area contributed by atoms with Gasteiger partial charge in [-0.15, -0.1) is 0 Å². The van der Waals surface area contributed by atoms with Crippen LogP contribution in [0.5, 0.6) is 5.75 Å². The molecule has 1 aliphatic heterocycles. The van der Waals surface area contributed by atoms with Gasteiger partial charge in [0, 0.05) is 26.2 Å². The standard InChI is InChI=1S/C25H28N2O4S/c1-3-24(31-22-11-10-20-6-4-5-7-21(20)18-22)25(28)26-14-16-27(17-15-26)32(29,30)23-12-8-19(2)9-13-23/h4-13,18,24H,3,14-17H2,1-2H3/t24-/m0/s1. The van der Waals surface area contributed by atoms with Gasteiger partial charge in [0.05, 0.1) is 4.90 Å². The topological polar surface area (TPSA) is 66.9 Å². The van der Waals surface area contributed by atoms with Gasteiger partial charge in [0.15, 0.2) is 6.10 Å². The van der Waals surface area contributed by atoms with Crippen molar-refractivity contribution in [3.63, 3.8) is 0 Å². The smallest absolute Gasteiger partial charge is 0.263 e. The number of aryl methyl sites for hydroxylation is 1. The number of hydrogen-bond donors (Lipinski definition) is 0. The maximum Gasteiger partial charge on any atom is 0.263 e. The Balaban J connectivity index is 1.40. The summed E-state index contributed by atoms with van der Waals surface area (Å²) in [6.07, 6.45) is -0.0653. The highest BCUT2D eigenvalue weighted by Gasteiger charge is 2.32. The van der Waals surface area contributed by atoms with E-state index in [4.69, 9.17) is 4.74 Å². The third kappa shape index (κ3) is 4.64. The molecule has 6 nitrogen and oxygen atoms in total. The van der Waals surface area contributed by atoms with Crippen molar-refractivity contribution in [2.75, 3.05) is 26.2 Å². The molecular weight excluding hydrogens is 424 g/mol. The highest BCUT2D eigenvalue weighted by molar-refractivity contribution is 7.89. The van der Waals surface area contributed by atoms with Crippen molar-refractivity contribution in [2.24, 2.45) is 0 Å². The van der Waals surface area contributed by atoms with E-state index in [9.17, 15) is 13.2 Å². The van der Waals surface area contributed by atoms with E-state index < -0.39 is 16.1 Å². The molecule has 32 heavy (non-hydrogen) atoms. The molecule has 3 aromatic carbocycles. The normalized spacial score (nSPS) is 16.1. The third-order valence-corrected chi connectivity index (χ3v) is 7.77. The molecule has 0 radical (unpaired) electrons. The molecule has 1 fully saturated rings. The Kier molecular flexibility index (Phi) is 6.48. The Morgan fingerprint density at radius 3 is 2.25 bits per heavy atom. The van der Waals surface area contributed by atoms with Crippen LogP contribution in [0.15, 0.2) is 71.6 Å². The molecule has 0 aliphatic carbocycles. The average Bonchev–Trinajstić information content (AvgIpc) is 2.82. The first-order chi connectivity index (χ1) is 15.4. The summed E-state index contributed by atoms with van der Waals surface area (Å²) in [6, 6.07) is 20.7. The van der Waals surface area contributed by atoms with Gasteiger partial charge < -0.3 is 9.64 Å². The lowest BCUT2D eigenvalue weighted by molar-refractivity contribution is -0.140. The van der Waals surface area contributed by atoms with Crippen molar-refractivity contribution in [2.45, 2.75) is 31.3 Å². The monoisotopic (exact) mass is 452 g/mol. The zero-order valence-corrected chi connectivity index (χ0v) is 19.2. The molecule has 0 unspecified atom stereocenters. The number of amides is 1. The minimum atomic E-state index is -3.56. The molecular formula is C25H28N2O4S. The second kappa shape index (κ2) is 9.30. The molecule has 1 atom stereocenters. The fourth-order valence-corrected chi connectivity index (χ4v) is 5.35. The quantitative estimate of drug-likeness (QED) is 0.570. The Bertz CT molecular complexity index is 1200. The lowest BCUT2D eigenvalue weighted by atomic mass is 10.1. The van der Waals surface area contributed by atoms with Gasteiger partial charge in [-0.25, -0.2) is 8.42 Å². The van der Waals surface area contributed by atoms with E-state index in [0.29, 0.717) is 25.3 Å². The lowest BCUT2D eigenvalue weighted by Gasteiger charge is -2.35. The maximum atomic E-state index is 13.1. The fraction of sp³-hybridized carbons (Fsp3) is 0.320. The van der Waals surface area contributed by atoms with Crippen molar-refractivity contribution in [1.29, 1.82) is 0 Å². The summed E-state index contributed by atoms with van der Waals surface area (Å²) in [5, 5.41) is 2.17. The minimum Gasteiger partial charge on any atom is -0.481 e. The number of sulfonamides is 1. The summed E-state index contributed by atoms with van der Waals surface area (Å²) < 4.78 is 33.3. The average molecular weight is 453 g/mol. The van der Waals surface area contributed by atoms with Crippen LogP contribution >= 0.6 is 0 Å². The Hall–Kier alpha value is -2.90. The second-order valence-corrected chi connectivity index (χ2v) is 10.0. The summed E-state index contributed by atoms with van der Waals surface area (Å²) in [7, 11) is -3.56. The number of benzene rings is 3. The summed E-state index contributed by atoms with van der Waals surface area (Å²) in [5.74, 6) is 0.553. The van der Waals surface area contributed by atoms with Crippen LogP contribution in [0.25, 0.3) is 10.8 Å².